The number of ether oxygens (including phenoxy) is 2. The first-order valence-electron chi connectivity index (χ1n) is 6.21. The maximum atomic E-state index is 11.4. The number of aromatic nitrogens is 2. The first kappa shape index (κ1) is 15.2. The molecule has 0 radical (unpaired) electrons. The van der Waals surface area contributed by atoms with Gasteiger partial charge in [-0.05, 0) is 13.8 Å². The van der Waals surface area contributed by atoms with Gasteiger partial charge in [0.2, 0.25) is 5.88 Å². The number of hydrogen-bond acceptors (Lipinski definition) is 6. The standard InChI is InChI=1S/C13H21N3O3/c1-9(2)19-12-6-11(14-8-15-12)16(4)7-10(3)13(17)18-5/h6,8-10H,7H2,1-5H3. The third-order valence-electron chi connectivity index (χ3n) is 2.53. The lowest BCUT2D eigenvalue weighted by molar-refractivity contribution is -0.144. The predicted molar refractivity (Wildman–Crippen MR) is 72.2 cm³/mol. The molecule has 0 saturated heterocycles. The highest BCUT2D eigenvalue weighted by molar-refractivity contribution is 5.72. The first-order valence-corrected chi connectivity index (χ1v) is 6.21. The van der Waals surface area contributed by atoms with Gasteiger partial charge >= 0.3 is 5.97 Å². The molecule has 1 heterocycles. The molecule has 1 unspecified atom stereocenters. The third kappa shape index (κ3) is 4.73. The van der Waals surface area contributed by atoms with E-state index in [9.17, 15) is 4.79 Å². The van der Waals surface area contributed by atoms with E-state index in [-0.39, 0.29) is 18.0 Å². The topological polar surface area (TPSA) is 64.5 Å². The normalized spacial score (nSPS) is 12.1. The van der Waals surface area contributed by atoms with Crippen molar-refractivity contribution in [2.75, 3.05) is 25.6 Å². The minimum absolute atomic E-state index is 0.0575. The molecule has 0 spiro atoms. The van der Waals surface area contributed by atoms with Crippen LogP contribution in [0.1, 0.15) is 20.8 Å². The van der Waals surface area contributed by atoms with Crippen molar-refractivity contribution in [3.63, 3.8) is 0 Å². The molecule has 0 saturated carbocycles. The molecular formula is C13H21N3O3. The van der Waals surface area contributed by atoms with E-state index in [2.05, 4.69) is 9.97 Å². The fraction of sp³-hybridized carbons (Fsp3) is 0.615. The number of methoxy groups -OCH3 is 1. The third-order valence-corrected chi connectivity index (χ3v) is 2.53. The maximum absolute atomic E-state index is 11.4. The van der Waals surface area contributed by atoms with Crippen molar-refractivity contribution < 1.29 is 14.3 Å². The van der Waals surface area contributed by atoms with Gasteiger partial charge in [-0.3, -0.25) is 4.79 Å². The zero-order valence-electron chi connectivity index (χ0n) is 12.1. The van der Waals surface area contributed by atoms with Crippen LogP contribution in [-0.4, -0.2) is 42.7 Å². The summed E-state index contributed by atoms with van der Waals surface area (Å²) in [6, 6.07) is 1.75. The Morgan fingerprint density at radius 2 is 2.05 bits per heavy atom. The van der Waals surface area contributed by atoms with Crippen molar-refractivity contribution in [2.45, 2.75) is 26.9 Å². The SMILES string of the molecule is COC(=O)C(C)CN(C)c1cc(OC(C)C)ncn1. The Kier molecular flexibility index (Phi) is 5.54. The van der Waals surface area contributed by atoms with Crippen LogP contribution in [0.15, 0.2) is 12.4 Å². The summed E-state index contributed by atoms with van der Waals surface area (Å²) in [5, 5.41) is 0. The highest BCUT2D eigenvalue weighted by atomic mass is 16.5. The van der Waals surface area contributed by atoms with Gasteiger partial charge in [-0.15, -0.1) is 0 Å². The Labute approximate surface area is 113 Å². The van der Waals surface area contributed by atoms with Gasteiger partial charge in [-0.25, -0.2) is 9.97 Å². The van der Waals surface area contributed by atoms with Gasteiger partial charge in [0.05, 0.1) is 19.1 Å². The Balaban J connectivity index is 2.71. The van der Waals surface area contributed by atoms with Gasteiger partial charge in [0, 0.05) is 19.7 Å². The monoisotopic (exact) mass is 267 g/mol. The van der Waals surface area contributed by atoms with Crippen LogP contribution in [0.25, 0.3) is 0 Å². The highest BCUT2D eigenvalue weighted by Crippen LogP contribution is 2.16. The summed E-state index contributed by atoms with van der Waals surface area (Å²) in [5.41, 5.74) is 0. The largest absolute Gasteiger partial charge is 0.475 e. The van der Waals surface area contributed by atoms with Crippen LogP contribution in [0.4, 0.5) is 5.82 Å². The molecule has 6 heteroatoms. The number of nitrogens with zero attached hydrogens (tertiary/aromatic N) is 3. The molecule has 0 aromatic carbocycles. The van der Waals surface area contributed by atoms with E-state index in [4.69, 9.17) is 9.47 Å². The highest BCUT2D eigenvalue weighted by Gasteiger charge is 2.16. The summed E-state index contributed by atoms with van der Waals surface area (Å²) >= 11 is 0. The molecule has 0 aliphatic heterocycles. The van der Waals surface area contributed by atoms with Gasteiger partial charge in [0.25, 0.3) is 0 Å². The lowest BCUT2D eigenvalue weighted by Crippen LogP contribution is -2.29. The molecule has 0 bridgehead atoms. The second-order valence-corrected chi connectivity index (χ2v) is 4.69. The van der Waals surface area contributed by atoms with Crippen molar-refractivity contribution in [3.8, 4) is 5.88 Å². The molecule has 106 valence electrons. The van der Waals surface area contributed by atoms with Crippen LogP contribution in [0.5, 0.6) is 5.88 Å². The molecule has 1 atom stereocenters. The summed E-state index contributed by atoms with van der Waals surface area (Å²) in [6.07, 6.45) is 1.51. The van der Waals surface area contributed by atoms with Gasteiger partial charge in [0.15, 0.2) is 0 Å². The molecule has 0 aliphatic rings. The van der Waals surface area contributed by atoms with Crippen LogP contribution in [0, 0.1) is 5.92 Å². The van der Waals surface area contributed by atoms with Gasteiger partial charge in [-0.1, -0.05) is 6.92 Å². The van der Waals surface area contributed by atoms with Crippen molar-refractivity contribution in [3.05, 3.63) is 12.4 Å². The lowest BCUT2D eigenvalue weighted by atomic mass is 10.2. The molecule has 0 amide bonds. The first-order chi connectivity index (χ1) is 8.93. The summed E-state index contributed by atoms with van der Waals surface area (Å²) < 4.78 is 10.2. The van der Waals surface area contributed by atoms with Crippen LogP contribution in [0.3, 0.4) is 0 Å². The van der Waals surface area contributed by atoms with Crippen molar-refractivity contribution in [2.24, 2.45) is 5.92 Å². The molecule has 0 N–H and O–H groups in total. The Hall–Kier alpha value is -1.85. The average molecular weight is 267 g/mol. The maximum Gasteiger partial charge on any atom is 0.310 e. The zero-order valence-corrected chi connectivity index (χ0v) is 12.1. The molecule has 0 fully saturated rings. The fourth-order valence-corrected chi connectivity index (χ4v) is 1.62. The van der Waals surface area contributed by atoms with Crippen LogP contribution in [0.2, 0.25) is 0 Å². The quantitative estimate of drug-likeness (QED) is 0.728. The Bertz CT molecular complexity index is 423. The van der Waals surface area contributed by atoms with E-state index >= 15 is 0 Å². The molecule has 6 nitrogen and oxygen atoms in total. The van der Waals surface area contributed by atoms with Crippen molar-refractivity contribution in [1.82, 2.24) is 9.97 Å². The van der Waals surface area contributed by atoms with E-state index in [1.54, 1.807) is 6.07 Å². The number of rotatable bonds is 6. The minimum atomic E-state index is -0.237. The summed E-state index contributed by atoms with van der Waals surface area (Å²) in [5.74, 6) is 0.776. The van der Waals surface area contributed by atoms with Gasteiger partial charge < -0.3 is 14.4 Å². The second kappa shape index (κ2) is 6.92. The van der Waals surface area contributed by atoms with Crippen LogP contribution >= 0.6 is 0 Å². The lowest BCUT2D eigenvalue weighted by Gasteiger charge is -2.21. The number of esters is 1. The average Bonchev–Trinajstić information content (AvgIpc) is 2.37. The fourth-order valence-electron chi connectivity index (χ4n) is 1.62. The molecular weight excluding hydrogens is 246 g/mol. The van der Waals surface area contributed by atoms with Gasteiger partial charge in [-0.2, -0.15) is 0 Å². The minimum Gasteiger partial charge on any atom is -0.475 e. The number of carbonyl (C=O) groups is 1. The number of anilines is 1. The molecule has 1 aromatic heterocycles. The molecule has 1 aromatic rings. The smallest absolute Gasteiger partial charge is 0.310 e. The van der Waals surface area contributed by atoms with E-state index in [1.165, 1.54) is 13.4 Å². The van der Waals surface area contributed by atoms with E-state index in [0.29, 0.717) is 18.2 Å². The summed E-state index contributed by atoms with van der Waals surface area (Å²) in [4.78, 5) is 21.5. The number of hydrogen-bond donors (Lipinski definition) is 0. The Morgan fingerprint density at radius 1 is 1.37 bits per heavy atom. The molecule has 19 heavy (non-hydrogen) atoms. The predicted octanol–water partition coefficient (Wildman–Crippen LogP) is 1.51. The van der Waals surface area contributed by atoms with E-state index < -0.39 is 0 Å². The second-order valence-electron chi connectivity index (χ2n) is 4.69. The van der Waals surface area contributed by atoms with E-state index in [0.717, 1.165) is 0 Å². The summed E-state index contributed by atoms with van der Waals surface area (Å²) in [7, 11) is 3.25. The molecule has 0 aliphatic carbocycles. The van der Waals surface area contributed by atoms with Crippen molar-refractivity contribution >= 4 is 11.8 Å². The molecule has 1 rings (SSSR count). The summed E-state index contributed by atoms with van der Waals surface area (Å²) in [6.45, 7) is 6.20. The zero-order chi connectivity index (χ0) is 14.4. The van der Waals surface area contributed by atoms with Crippen molar-refractivity contribution in [1.29, 1.82) is 0 Å². The van der Waals surface area contributed by atoms with Crippen LogP contribution < -0.4 is 9.64 Å². The van der Waals surface area contributed by atoms with Crippen LogP contribution in [-0.2, 0) is 9.53 Å². The Morgan fingerprint density at radius 3 is 2.63 bits per heavy atom. The number of carbonyl (C=O) groups excluding carboxylic acids is 1. The van der Waals surface area contributed by atoms with E-state index in [1.807, 2.05) is 32.7 Å². The van der Waals surface area contributed by atoms with Gasteiger partial charge in [0.1, 0.15) is 12.1 Å².